The monoisotopic (exact) mass is 378 g/mol. The summed E-state index contributed by atoms with van der Waals surface area (Å²) in [5, 5.41) is 3.07. The van der Waals surface area contributed by atoms with Crippen LogP contribution in [0.15, 0.2) is 48.5 Å². The van der Waals surface area contributed by atoms with Crippen molar-refractivity contribution in [2.24, 2.45) is 0 Å². The number of amides is 2. The van der Waals surface area contributed by atoms with E-state index in [0.717, 1.165) is 24.0 Å². The summed E-state index contributed by atoms with van der Waals surface area (Å²) < 4.78 is 5.36. The number of fused-ring (bicyclic) bond motifs is 4. The van der Waals surface area contributed by atoms with Gasteiger partial charge in [-0.2, -0.15) is 0 Å². The Labute approximate surface area is 165 Å². The molecule has 0 saturated carbocycles. The minimum absolute atomic E-state index is 0.0236. The molecule has 2 aromatic rings. The van der Waals surface area contributed by atoms with Crippen LogP contribution in [-0.4, -0.2) is 43.0 Å². The van der Waals surface area contributed by atoms with Gasteiger partial charge in [0.15, 0.2) is 0 Å². The number of hydrogen-bond acceptors (Lipinski definition) is 3. The van der Waals surface area contributed by atoms with Gasteiger partial charge in [-0.1, -0.05) is 42.5 Å². The van der Waals surface area contributed by atoms with Gasteiger partial charge in [-0.05, 0) is 42.5 Å². The largest absolute Gasteiger partial charge is 0.382 e. The lowest BCUT2D eigenvalue weighted by Gasteiger charge is -2.45. The zero-order valence-corrected chi connectivity index (χ0v) is 16.2. The molecule has 2 aliphatic heterocycles. The van der Waals surface area contributed by atoms with Gasteiger partial charge in [0.2, 0.25) is 5.91 Å². The van der Waals surface area contributed by atoms with Crippen molar-refractivity contribution < 1.29 is 14.3 Å². The first kappa shape index (κ1) is 18.7. The second-order valence-corrected chi connectivity index (χ2v) is 7.30. The zero-order valence-electron chi connectivity index (χ0n) is 16.2. The van der Waals surface area contributed by atoms with E-state index in [1.165, 1.54) is 5.56 Å². The highest BCUT2D eigenvalue weighted by atomic mass is 16.5. The van der Waals surface area contributed by atoms with E-state index in [-0.39, 0.29) is 17.9 Å². The third-order valence-corrected chi connectivity index (χ3v) is 5.69. The molecule has 0 radical (unpaired) electrons. The Balaban J connectivity index is 1.68. The molecule has 2 atom stereocenters. The van der Waals surface area contributed by atoms with Crippen molar-refractivity contribution in [1.29, 1.82) is 0 Å². The van der Waals surface area contributed by atoms with Crippen molar-refractivity contribution >= 4 is 11.8 Å². The maximum absolute atomic E-state index is 13.3. The van der Waals surface area contributed by atoms with Crippen LogP contribution in [0.2, 0.25) is 0 Å². The molecule has 2 aliphatic rings. The van der Waals surface area contributed by atoms with E-state index >= 15 is 0 Å². The number of hydrogen-bond donors (Lipinski definition) is 1. The second-order valence-electron chi connectivity index (χ2n) is 7.30. The zero-order chi connectivity index (χ0) is 19.5. The Morgan fingerprint density at radius 3 is 2.71 bits per heavy atom. The Morgan fingerprint density at radius 2 is 1.89 bits per heavy atom. The number of nitrogens with zero attached hydrogens (tertiary/aromatic N) is 1. The third-order valence-electron chi connectivity index (χ3n) is 5.69. The Hall–Kier alpha value is -2.66. The van der Waals surface area contributed by atoms with Gasteiger partial charge >= 0.3 is 0 Å². The first-order valence-electron chi connectivity index (χ1n) is 10.1. The number of rotatable bonds is 6. The van der Waals surface area contributed by atoms with Gasteiger partial charge in [0, 0.05) is 31.9 Å². The summed E-state index contributed by atoms with van der Waals surface area (Å²) in [6.45, 7) is 4.49. The summed E-state index contributed by atoms with van der Waals surface area (Å²) in [4.78, 5) is 28.3. The molecular weight excluding hydrogens is 352 g/mol. The molecule has 5 nitrogen and oxygen atoms in total. The van der Waals surface area contributed by atoms with Crippen molar-refractivity contribution in [2.45, 2.75) is 31.7 Å². The number of nitrogens with one attached hydrogen (secondary N) is 1. The molecule has 146 valence electrons. The van der Waals surface area contributed by atoms with Gasteiger partial charge in [-0.25, -0.2) is 0 Å². The van der Waals surface area contributed by atoms with Crippen LogP contribution < -0.4 is 5.32 Å². The average Bonchev–Trinajstić information content (AvgIpc) is 2.73. The van der Waals surface area contributed by atoms with Crippen LogP contribution in [0.5, 0.6) is 0 Å². The van der Waals surface area contributed by atoms with Crippen LogP contribution in [0.1, 0.15) is 52.4 Å². The average molecular weight is 378 g/mol. The fourth-order valence-corrected chi connectivity index (χ4v) is 4.40. The standard InChI is InChI=1S/C23H26N2O3/c1-2-28-15-7-13-24-22(26)20-18-10-5-6-11-19(18)23(27)25-14-12-16-8-3-4-9-17(16)21(20)25/h3-6,8-11,20-21H,2,7,12-15H2,1H3,(H,24,26)/t20-,21+/m1/s1. The number of benzene rings is 2. The number of carbonyl (C=O) groups is 2. The first-order valence-corrected chi connectivity index (χ1v) is 10.1. The molecule has 2 heterocycles. The third kappa shape index (κ3) is 3.31. The molecule has 0 saturated heterocycles. The Bertz CT molecular complexity index is 880. The number of ether oxygens (including phenoxy) is 1. The SMILES string of the molecule is CCOCCCNC(=O)[C@@H]1c2ccccc2C(=O)N2CCc3ccccc3[C@@H]12. The molecule has 1 N–H and O–H groups in total. The lowest BCUT2D eigenvalue weighted by atomic mass is 9.76. The van der Waals surface area contributed by atoms with Crippen LogP contribution in [0.3, 0.4) is 0 Å². The maximum atomic E-state index is 13.3. The molecule has 5 heteroatoms. The molecule has 0 spiro atoms. The van der Waals surface area contributed by atoms with Crippen molar-refractivity contribution in [2.75, 3.05) is 26.3 Å². The summed E-state index contributed by atoms with van der Waals surface area (Å²) in [5.41, 5.74) is 3.79. The highest BCUT2D eigenvalue weighted by molar-refractivity contribution is 6.01. The Kier molecular flexibility index (Phi) is 5.44. The van der Waals surface area contributed by atoms with Crippen LogP contribution in [0.25, 0.3) is 0 Å². The lowest BCUT2D eigenvalue weighted by molar-refractivity contribution is -0.124. The summed E-state index contributed by atoms with van der Waals surface area (Å²) in [7, 11) is 0. The summed E-state index contributed by atoms with van der Waals surface area (Å²) >= 11 is 0. The van der Waals surface area contributed by atoms with Gasteiger partial charge in [0.25, 0.3) is 5.91 Å². The quantitative estimate of drug-likeness (QED) is 0.786. The highest BCUT2D eigenvalue weighted by Crippen LogP contribution is 2.45. The summed E-state index contributed by atoms with van der Waals surface area (Å²) in [6, 6.07) is 15.5. The van der Waals surface area contributed by atoms with E-state index in [4.69, 9.17) is 4.74 Å². The molecular formula is C23H26N2O3. The van der Waals surface area contributed by atoms with Gasteiger partial charge in [0.05, 0.1) is 12.0 Å². The highest BCUT2D eigenvalue weighted by Gasteiger charge is 2.45. The number of carbonyl (C=O) groups excluding carboxylic acids is 2. The van der Waals surface area contributed by atoms with E-state index in [2.05, 4.69) is 17.4 Å². The molecule has 0 bridgehead atoms. The van der Waals surface area contributed by atoms with E-state index in [1.807, 2.05) is 48.2 Å². The van der Waals surface area contributed by atoms with Crippen LogP contribution >= 0.6 is 0 Å². The fourth-order valence-electron chi connectivity index (χ4n) is 4.40. The topological polar surface area (TPSA) is 58.6 Å². The minimum atomic E-state index is -0.401. The van der Waals surface area contributed by atoms with Crippen LogP contribution in [0.4, 0.5) is 0 Å². The van der Waals surface area contributed by atoms with E-state index in [9.17, 15) is 9.59 Å². The van der Waals surface area contributed by atoms with Crippen LogP contribution in [0, 0.1) is 0 Å². The smallest absolute Gasteiger partial charge is 0.254 e. The normalized spacial score (nSPS) is 20.2. The molecule has 2 aromatic carbocycles. The van der Waals surface area contributed by atoms with E-state index < -0.39 is 5.92 Å². The molecule has 0 aliphatic carbocycles. The van der Waals surface area contributed by atoms with Crippen molar-refractivity contribution in [3.8, 4) is 0 Å². The van der Waals surface area contributed by atoms with E-state index in [0.29, 0.717) is 31.9 Å². The summed E-state index contributed by atoms with van der Waals surface area (Å²) in [6.07, 6.45) is 1.60. The van der Waals surface area contributed by atoms with Crippen molar-refractivity contribution in [3.05, 3.63) is 70.8 Å². The van der Waals surface area contributed by atoms with Crippen LogP contribution in [-0.2, 0) is 16.0 Å². The molecule has 28 heavy (non-hydrogen) atoms. The Morgan fingerprint density at radius 1 is 1.14 bits per heavy atom. The molecule has 0 aromatic heterocycles. The predicted octanol–water partition coefficient (Wildman–Crippen LogP) is 3.07. The van der Waals surface area contributed by atoms with Gasteiger partial charge < -0.3 is 15.0 Å². The minimum Gasteiger partial charge on any atom is -0.382 e. The lowest BCUT2D eigenvalue weighted by Crippen LogP contribution is -2.50. The van der Waals surface area contributed by atoms with Gasteiger partial charge in [-0.15, -0.1) is 0 Å². The van der Waals surface area contributed by atoms with Crippen molar-refractivity contribution in [3.63, 3.8) is 0 Å². The first-order chi connectivity index (χ1) is 13.7. The maximum Gasteiger partial charge on any atom is 0.254 e. The van der Waals surface area contributed by atoms with Crippen molar-refractivity contribution in [1.82, 2.24) is 10.2 Å². The fraction of sp³-hybridized carbons (Fsp3) is 0.391. The molecule has 2 amide bonds. The second kappa shape index (κ2) is 8.15. The summed E-state index contributed by atoms with van der Waals surface area (Å²) in [5.74, 6) is -0.402. The van der Waals surface area contributed by atoms with Gasteiger partial charge in [0.1, 0.15) is 0 Å². The predicted molar refractivity (Wildman–Crippen MR) is 107 cm³/mol. The molecule has 0 fully saturated rings. The molecule has 0 unspecified atom stereocenters. The van der Waals surface area contributed by atoms with E-state index in [1.54, 1.807) is 0 Å². The van der Waals surface area contributed by atoms with Gasteiger partial charge in [-0.3, -0.25) is 9.59 Å². The molecule has 4 rings (SSSR count).